The highest BCUT2D eigenvalue weighted by molar-refractivity contribution is 7.18. The first kappa shape index (κ1) is 25.4. The molecule has 4 rings (SSSR count). The Morgan fingerprint density at radius 2 is 1.80 bits per heavy atom. The molecule has 4 amide bonds. The van der Waals surface area contributed by atoms with Crippen LogP contribution in [-0.2, 0) is 19.1 Å². The number of hydrogen-bond acceptors (Lipinski definition) is 7. The van der Waals surface area contributed by atoms with Crippen molar-refractivity contribution in [3.63, 3.8) is 0 Å². The average molecular weight is 540 g/mol. The van der Waals surface area contributed by atoms with Gasteiger partial charge in [-0.1, -0.05) is 11.6 Å². The van der Waals surface area contributed by atoms with Crippen LogP contribution < -0.4 is 9.80 Å². The maximum atomic E-state index is 13.0. The summed E-state index contributed by atoms with van der Waals surface area (Å²) in [5.74, 6) is -0.721. The number of hydrogen-bond donors (Lipinski definition) is 0. The van der Waals surface area contributed by atoms with Crippen LogP contribution in [0, 0.1) is 0 Å². The summed E-state index contributed by atoms with van der Waals surface area (Å²) in [5, 5.41) is 0. The van der Waals surface area contributed by atoms with Crippen LogP contribution in [-0.4, -0.2) is 73.5 Å². The fourth-order valence-corrected chi connectivity index (χ4v) is 4.97. The zero-order chi connectivity index (χ0) is 24.9. The predicted molar refractivity (Wildman–Crippen MR) is 133 cm³/mol. The molecule has 2 aromatic rings. The molecule has 3 heterocycles. The van der Waals surface area contributed by atoms with Crippen molar-refractivity contribution in [3.8, 4) is 0 Å². The highest BCUT2D eigenvalue weighted by atomic mass is 35.5. The van der Waals surface area contributed by atoms with E-state index in [0.29, 0.717) is 40.2 Å². The van der Waals surface area contributed by atoms with E-state index in [9.17, 15) is 19.2 Å². The van der Waals surface area contributed by atoms with Gasteiger partial charge in [0.1, 0.15) is 12.7 Å². The highest BCUT2D eigenvalue weighted by Crippen LogP contribution is 2.27. The Balaban J connectivity index is 1.45. The zero-order valence-electron chi connectivity index (χ0n) is 18.7. The molecule has 0 saturated carbocycles. The van der Waals surface area contributed by atoms with E-state index in [0.717, 1.165) is 16.2 Å². The van der Waals surface area contributed by atoms with Crippen LogP contribution in [0.4, 0.5) is 16.2 Å². The number of nitrogens with zero attached hydrogens (tertiary/aromatic N) is 3. The molecule has 2 aliphatic rings. The number of ether oxygens (including phenoxy) is 2. The van der Waals surface area contributed by atoms with Gasteiger partial charge in [-0.25, -0.2) is 4.79 Å². The lowest BCUT2D eigenvalue weighted by Gasteiger charge is -2.27. The van der Waals surface area contributed by atoms with Gasteiger partial charge in [0.2, 0.25) is 5.91 Å². The lowest BCUT2D eigenvalue weighted by Crippen LogP contribution is -2.43. The summed E-state index contributed by atoms with van der Waals surface area (Å²) in [6.07, 6.45) is -0.767. The largest absolute Gasteiger partial charge is 0.442 e. The summed E-state index contributed by atoms with van der Waals surface area (Å²) in [6.45, 7) is 1.04. The maximum absolute atomic E-state index is 13.0. The third-order valence-corrected chi connectivity index (χ3v) is 7.06. The Hall–Kier alpha value is -2.66. The first-order chi connectivity index (χ1) is 16.9. The third-order valence-electron chi connectivity index (χ3n) is 5.57. The predicted octanol–water partition coefficient (Wildman–Crippen LogP) is 3.78. The molecule has 1 unspecified atom stereocenters. The molecule has 1 atom stereocenters. The van der Waals surface area contributed by atoms with Crippen molar-refractivity contribution >= 4 is 69.7 Å². The molecule has 1 aromatic heterocycles. The van der Waals surface area contributed by atoms with Gasteiger partial charge in [0, 0.05) is 30.2 Å². The molecule has 12 heteroatoms. The molecule has 2 aliphatic heterocycles. The second-order valence-corrected chi connectivity index (χ2v) is 10.0. The highest BCUT2D eigenvalue weighted by Gasteiger charge is 2.36. The van der Waals surface area contributed by atoms with Crippen LogP contribution in [0.25, 0.3) is 0 Å². The Labute approximate surface area is 216 Å². The number of imide groups is 1. The molecule has 1 aromatic carbocycles. The SMILES string of the molecule is O=C(CCCCl)N(CC1CN(c2ccc(N3CCOCC3=O)cc2)C(=O)O1)C(=O)c1ccc(Cl)s1. The van der Waals surface area contributed by atoms with Crippen molar-refractivity contribution in [1.29, 1.82) is 0 Å². The first-order valence-electron chi connectivity index (χ1n) is 11.0. The molecular weight excluding hydrogens is 517 g/mol. The summed E-state index contributed by atoms with van der Waals surface area (Å²) in [5.41, 5.74) is 1.29. The minimum atomic E-state index is -0.706. The van der Waals surface area contributed by atoms with Gasteiger partial charge in [0.25, 0.3) is 11.8 Å². The van der Waals surface area contributed by atoms with E-state index in [1.165, 1.54) is 4.90 Å². The number of carbonyl (C=O) groups is 4. The summed E-state index contributed by atoms with van der Waals surface area (Å²) in [7, 11) is 0. The smallest absolute Gasteiger partial charge is 0.414 e. The van der Waals surface area contributed by atoms with E-state index in [1.807, 2.05) is 0 Å². The fraction of sp³-hybridized carbons (Fsp3) is 0.391. The maximum Gasteiger partial charge on any atom is 0.414 e. The van der Waals surface area contributed by atoms with Gasteiger partial charge >= 0.3 is 6.09 Å². The number of cyclic esters (lactones) is 1. The lowest BCUT2D eigenvalue weighted by molar-refractivity contribution is -0.129. The third kappa shape index (κ3) is 5.95. The van der Waals surface area contributed by atoms with E-state index in [-0.39, 0.29) is 37.9 Å². The molecule has 2 fully saturated rings. The van der Waals surface area contributed by atoms with Gasteiger partial charge in [-0.15, -0.1) is 22.9 Å². The van der Waals surface area contributed by atoms with Crippen molar-refractivity contribution in [1.82, 2.24) is 4.90 Å². The molecule has 35 heavy (non-hydrogen) atoms. The van der Waals surface area contributed by atoms with Crippen LogP contribution in [0.1, 0.15) is 22.5 Å². The minimum absolute atomic E-state index is 0.0401. The number of rotatable bonds is 8. The molecular formula is C23H23Cl2N3O6S. The number of benzene rings is 1. The number of halogens is 2. The number of anilines is 2. The molecule has 2 saturated heterocycles. The average Bonchev–Trinajstić information content (AvgIpc) is 3.46. The minimum Gasteiger partial charge on any atom is -0.442 e. The van der Waals surface area contributed by atoms with Gasteiger partial charge < -0.3 is 14.4 Å². The fourth-order valence-electron chi connectivity index (χ4n) is 3.85. The number of thiophene rings is 1. The number of alkyl halides is 1. The van der Waals surface area contributed by atoms with Crippen LogP contribution in [0.2, 0.25) is 4.34 Å². The van der Waals surface area contributed by atoms with Gasteiger partial charge in [-0.3, -0.25) is 24.2 Å². The van der Waals surface area contributed by atoms with Crippen molar-refractivity contribution in [2.45, 2.75) is 18.9 Å². The Morgan fingerprint density at radius 1 is 1.09 bits per heavy atom. The quantitative estimate of drug-likeness (QED) is 0.473. The zero-order valence-corrected chi connectivity index (χ0v) is 21.0. The van der Waals surface area contributed by atoms with Gasteiger partial charge in [0.15, 0.2) is 0 Å². The standard InChI is InChI=1S/C23H23Cl2N3O6S/c24-9-1-2-20(29)28(22(31)18-7-8-19(25)35-18)13-17-12-27(23(32)34-17)16-5-3-15(4-6-16)26-10-11-33-14-21(26)30/h3-8,17H,1-2,9-14H2. The number of amides is 4. The van der Waals surface area contributed by atoms with Gasteiger partial charge in [-0.2, -0.15) is 0 Å². The molecule has 0 radical (unpaired) electrons. The molecule has 0 aliphatic carbocycles. The topological polar surface area (TPSA) is 96.5 Å². The Morgan fingerprint density at radius 3 is 2.43 bits per heavy atom. The second kappa shape index (κ2) is 11.4. The van der Waals surface area contributed by atoms with Crippen LogP contribution in [0.15, 0.2) is 36.4 Å². The van der Waals surface area contributed by atoms with E-state index >= 15 is 0 Å². The van der Waals surface area contributed by atoms with Crippen LogP contribution in [0.5, 0.6) is 0 Å². The first-order valence-corrected chi connectivity index (χ1v) is 12.7. The molecule has 0 N–H and O–H groups in total. The van der Waals surface area contributed by atoms with Crippen molar-refractivity contribution in [2.24, 2.45) is 0 Å². The molecule has 0 spiro atoms. The van der Waals surface area contributed by atoms with Crippen LogP contribution in [0.3, 0.4) is 0 Å². The summed E-state index contributed by atoms with van der Waals surface area (Å²) in [4.78, 5) is 54.9. The molecule has 186 valence electrons. The monoisotopic (exact) mass is 539 g/mol. The van der Waals surface area contributed by atoms with Crippen LogP contribution >= 0.6 is 34.5 Å². The molecule has 9 nitrogen and oxygen atoms in total. The lowest BCUT2D eigenvalue weighted by atomic mass is 10.2. The van der Waals surface area contributed by atoms with E-state index in [4.69, 9.17) is 32.7 Å². The second-order valence-electron chi connectivity index (χ2n) is 7.94. The van der Waals surface area contributed by atoms with Gasteiger partial charge in [0.05, 0.1) is 28.9 Å². The van der Waals surface area contributed by atoms with Gasteiger partial charge in [-0.05, 0) is 42.8 Å². The molecule has 0 bridgehead atoms. The van der Waals surface area contributed by atoms with Crippen molar-refractivity contribution in [3.05, 3.63) is 45.6 Å². The van der Waals surface area contributed by atoms with Crippen molar-refractivity contribution < 1.29 is 28.7 Å². The number of carbonyl (C=O) groups excluding carboxylic acids is 4. The summed E-state index contributed by atoms with van der Waals surface area (Å²) in [6, 6.07) is 10.1. The summed E-state index contributed by atoms with van der Waals surface area (Å²) < 4.78 is 11.1. The summed E-state index contributed by atoms with van der Waals surface area (Å²) >= 11 is 12.8. The van der Waals surface area contributed by atoms with Crippen molar-refractivity contribution in [2.75, 3.05) is 48.5 Å². The Kier molecular flexibility index (Phi) is 8.27. The normalized spacial score (nSPS) is 18.1. The van der Waals surface area contributed by atoms with E-state index < -0.39 is 24.0 Å². The van der Waals surface area contributed by atoms with E-state index in [2.05, 4.69) is 0 Å². The number of morpholine rings is 1. The van der Waals surface area contributed by atoms with E-state index in [1.54, 1.807) is 41.3 Å². The Bertz CT molecular complexity index is 1110.